The summed E-state index contributed by atoms with van der Waals surface area (Å²) >= 11 is 1.52. The van der Waals surface area contributed by atoms with Crippen LogP contribution in [0.25, 0.3) is 11.4 Å². The molecule has 0 aliphatic rings. The Morgan fingerprint density at radius 3 is 2.72 bits per heavy atom. The average molecular weight is 354 g/mol. The van der Waals surface area contributed by atoms with Crippen LogP contribution in [0, 0.1) is 6.92 Å². The maximum absolute atomic E-state index is 12.6. The summed E-state index contributed by atoms with van der Waals surface area (Å²) in [5.41, 5.74) is 2.47. The van der Waals surface area contributed by atoms with Crippen LogP contribution in [0.3, 0.4) is 0 Å². The fourth-order valence-corrected chi connectivity index (χ4v) is 2.90. The summed E-state index contributed by atoms with van der Waals surface area (Å²) in [6, 6.07) is 5.50. The van der Waals surface area contributed by atoms with E-state index in [9.17, 15) is 4.79 Å². The zero-order valence-electron chi connectivity index (χ0n) is 14.2. The van der Waals surface area contributed by atoms with Crippen molar-refractivity contribution in [1.29, 1.82) is 0 Å². The summed E-state index contributed by atoms with van der Waals surface area (Å²) < 4.78 is 0. The second kappa shape index (κ2) is 7.35. The number of carbonyl (C=O) groups excluding carboxylic acids is 1. The standard InChI is InChI=1S/C17H18N6OS/c1-11-10-25-14(21-11)9-19-16(24)12-8-20-17(23(2)3)22-15(12)13-6-4-5-7-18-13/h4-8,10H,9H2,1-3H3,(H,19,24). The molecule has 0 atom stereocenters. The number of thiazole rings is 1. The molecule has 3 aromatic rings. The number of aromatic nitrogens is 4. The normalized spacial score (nSPS) is 10.5. The summed E-state index contributed by atoms with van der Waals surface area (Å²) in [4.78, 5) is 31.9. The van der Waals surface area contributed by atoms with E-state index < -0.39 is 0 Å². The van der Waals surface area contributed by atoms with Crippen LogP contribution in [-0.2, 0) is 6.54 Å². The van der Waals surface area contributed by atoms with Crippen molar-refractivity contribution < 1.29 is 4.79 Å². The summed E-state index contributed by atoms with van der Waals surface area (Å²) in [5, 5.41) is 5.69. The molecule has 1 amide bonds. The number of nitrogens with zero attached hydrogens (tertiary/aromatic N) is 5. The van der Waals surface area contributed by atoms with Gasteiger partial charge in [0.15, 0.2) is 0 Å². The van der Waals surface area contributed by atoms with Crippen molar-refractivity contribution in [3.05, 3.63) is 52.2 Å². The number of nitrogens with one attached hydrogen (secondary N) is 1. The van der Waals surface area contributed by atoms with Crippen LogP contribution in [-0.4, -0.2) is 39.9 Å². The Bertz CT molecular complexity index is 878. The third kappa shape index (κ3) is 3.97. The Hall–Kier alpha value is -2.87. The summed E-state index contributed by atoms with van der Waals surface area (Å²) in [6.07, 6.45) is 3.21. The average Bonchev–Trinajstić information content (AvgIpc) is 3.05. The van der Waals surface area contributed by atoms with E-state index in [0.717, 1.165) is 10.7 Å². The van der Waals surface area contributed by atoms with Gasteiger partial charge in [-0.05, 0) is 19.1 Å². The minimum Gasteiger partial charge on any atom is -0.347 e. The highest BCUT2D eigenvalue weighted by molar-refractivity contribution is 7.09. The predicted molar refractivity (Wildman–Crippen MR) is 97.6 cm³/mol. The van der Waals surface area contributed by atoms with Gasteiger partial charge in [0.25, 0.3) is 5.91 Å². The molecule has 0 bridgehead atoms. The summed E-state index contributed by atoms with van der Waals surface area (Å²) in [6.45, 7) is 2.29. The molecule has 8 heteroatoms. The molecule has 128 valence electrons. The summed E-state index contributed by atoms with van der Waals surface area (Å²) in [7, 11) is 3.70. The first-order valence-corrected chi connectivity index (χ1v) is 8.57. The number of hydrogen-bond acceptors (Lipinski definition) is 7. The lowest BCUT2D eigenvalue weighted by Gasteiger charge is -2.14. The Labute approximate surface area is 149 Å². The van der Waals surface area contributed by atoms with Gasteiger partial charge in [0.2, 0.25) is 5.95 Å². The fourth-order valence-electron chi connectivity index (χ4n) is 2.19. The smallest absolute Gasteiger partial charge is 0.255 e. The van der Waals surface area contributed by atoms with Crippen LogP contribution in [0.4, 0.5) is 5.95 Å². The van der Waals surface area contributed by atoms with Gasteiger partial charge < -0.3 is 10.2 Å². The molecule has 0 saturated carbocycles. The quantitative estimate of drug-likeness (QED) is 0.757. The molecule has 3 heterocycles. The molecule has 25 heavy (non-hydrogen) atoms. The van der Waals surface area contributed by atoms with Gasteiger partial charge >= 0.3 is 0 Å². The Balaban J connectivity index is 1.90. The third-order valence-electron chi connectivity index (χ3n) is 3.39. The molecule has 0 saturated heterocycles. The van der Waals surface area contributed by atoms with Crippen LogP contribution in [0.5, 0.6) is 0 Å². The first-order valence-electron chi connectivity index (χ1n) is 7.69. The third-order valence-corrected chi connectivity index (χ3v) is 4.36. The highest BCUT2D eigenvalue weighted by atomic mass is 32.1. The van der Waals surface area contributed by atoms with Crippen molar-refractivity contribution in [3.8, 4) is 11.4 Å². The first kappa shape index (κ1) is 17.0. The Kier molecular flexibility index (Phi) is 4.99. The number of rotatable bonds is 5. The van der Waals surface area contributed by atoms with E-state index >= 15 is 0 Å². The van der Waals surface area contributed by atoms with Crippen LogP contribution in [0.15, 0.2) is 36.0 Å². The van der Waals surface area contributed by atoms with Crippen molar-refractivity contribution in [2.24, 2.45) is 0 Å². The Morgan fingerprint density at radius 2 is 2.08 bits per heavy atom. The SMILES string of the molecule is Cc1csc(CNC(=O)c2cnc(N(C)C)nc2-c2ccccn2)n1. The number of aryl methyl sites for hydroxylation is 1. The van der Waals surface area contributed by atoms with Crippen LogP contribution in [0.2, 0.25) is 0 Å². The molecule has 3 rings (SSSR count). The van der Waals surface area contributed by atoms with E-state index in [1.165, 1.54) is 17.5 Å². The van der Waals surface area contributed by atoms with E-state index in [1.54, 1.807) is 11.1 Å². The van der Waals surface area contributed by atoms with Crippen molar-refractivity contribution in [1.82, 2.24) is 25.3 Å². The van der Waals surface area contributed by atoms with E-state index in [0.29, 0.717) is 29.4 Å². The first-order chi connectivity index (χ1) is 12.0. The monoisotopic (exact) mass is 354 g/mol. The van der Waals surface area contributed by atoms with Gasteiger partial charge in [-0.15, -0.1) is 11.3 Å². The minimum atomic E-state index is -0.251. The molecule has 0 fully saturated rings. The lowest BCUT2D eigenvalue weighted by atomic mass is 10.1. The summed E-state index contributed by atoms with van der Waals surface area (Å²) in [5.74, 6) is 0.270. The van der Waals surface area contributed by atoms with Crippen molar-refractivity contribution in [2.45, 2.75) is 13.5 Å². The largest absolute Gasteiger partial charge is 0.347 e. The van der Waals surface area contributed by atoms with Gasteiger partial charge in [-0.25, -0.2) is 15.0 Å². The van der Waals surface area contributed by atoms with E-state index in [-0.39, 0.29) is 5.91 Å². The van der Waals surface area contributed by atoms with Crippen LogP contribution in [0.1, 0.15) is 21.1 Å². The van der Waals surface area contributed by atoms with Gasteiger partial charge in [0, 0.05) is 37.6 Å². The molecular formula is C17H18N6OS. The predicted octanol–water partition coefficient (Wildman–Crippen LogP) is 2.30. The molecule has 0 radical (unpaired) electrons. The number of pyridine rings is 1. The van der Waals surface area contributed by atoms with E-state index in [1.807, 2.05) is 44.6 Å². The lowest BCUT2D eigenvalue weighted by molar-refractivity contribution is 0.0951. The fraction of sp³-hybridized carbons (Fsp3) is 0.235. The van der Waals surface area contributed by atoms with E-state index in [2.05, 4.69) is 25.3 Å². The van der Waals surface area contributed by atoms with E-state index in [4.69, 9.17) is 0 Å². The number of amides is 1. The second-order valence-electron chi connectivity index (χ2n) is 5.61. The number of hydrogen-bond donors (Lipinski definition) is 1. The zero-order chi connectivity index (χ0) is 17.8. The van der Waals surface area contributed by atoms with Gasteiger partial charge in [0.05, 0.1) is 17.8 Å². The van der Waals surface area contributed by atoms with Crippen molar-refractivity contribution >= 4 is 23.2 Å². The molecule has 7 nitrogen and oxygen atoms in total. The van der Waals surface area contributed by atoms with Crippen molar-refractivity contribution in [3.63, 3.8) is 0 Å². The molecule has 0 spiro atoms. The van der Waals surface area contributed by atoms with Crippen molar-refractivity contribution in [2.75, 3.05) is 19.0 Å². The highest BCUT2D eigenvalue weighted by Gasteiger charge is 2.18. The van der Waals surface area contributed by atoms with Gasteiger partial charge in [0.1, 0.15) is 10.7 Å². The van der Waals surface area contributed by atoms with Crippen LogP contribution < -0.4 is 10.2 Å². The maximum Gasteiger partial charge on any atom is 0.255 e. The molecule has 0 aliphatic heterocycles. The van der Waals surface area contributed by atoms with Gasteiger partial charge in [-0.1, -0.05) is 6.07 Å². The zero-order valence-corrected chi connectivity index (χ0v) is 15.0. The maximum atomic E-state index is 12.6. The topological polar surface area (TPSA) is 83.9 Å². The van der Waals surface area contributed by atoms with Crippen LogP contribution >= 0.6 is 11.3 Å². The minimum absolute atomic E-state index is 0.251. The molecule has 0 aromatic carbocycles. The Morgan fingerprint density at radius 1 is 1.24 bits per heavy atom. The molecule has 3 aromatic heterocycles. The van der Waals surface area contributed by atoms with Gasteiger partial charge in [-0.3, -0.25) is 9.78 Å². The number of anilines is 1. The molecule has 1 N–H and O–H groups in total. The lowest BCUT2D eigenvalue weighted by Crippen LogP contribution is -2.25. The number of carbonyl (C=O) groups is 1. The molecular weight excluding hydrogens is 336 g/mol. The molecule has 0 aliphatic carbocycles. The second-order valence-corrected chi connectivity index (χ2v) is 6.55. The van der Waals surface area contributed by atoms with Gasteiger partial charge in [-0.2, -0.15) is 0 Å². The highest BCUT2D eigenvalue weighted by Crippen LogP contribution is 2.21. The molecule has 0 unspecified atom stereocenters.